The van der Waals surface area contributed by atoms with Crippen molar-refractivity contribution in [1.82, 2.24) is 9.55 Å². The summed E-state index contributed by atoms with van der Waals surface area (Å²) in [5, 5.41) is 2.81. The zero-order valence-electron chi connectivity index (χ0n) is 10.8. The third-order valence-corrected chi connectivity index (χ3v) is 2.83. The molecule has 6 nitrogen and oxygen atoms in total. The molecule has 1 aromatic heterocycles. The molecule has 0 saturated carbocycles. The second-order valence-electron chi connectivity index (χ2n) is 4.13. The number of rotatable bonds is 4. The van der Waals surface area contributed by atoms with E-state index < -0.39 is 0 Å². The van der Waals surface area contributed by atoms with E-state index >= 15 is 0 Å². The van der Waals surface area contributed by atoms with E-state index in [1.165, 1.54) is 7.11 Å². The van der Waals surface area contributed by atoms with Crippen LogP contribution in [-0.4, -0.2) is 22.6 Å². The molecule has 0 radical (unpaired) electrons. The number of hydrogen-bond acceptors (Lipinski definition) is 4. The van der Waals surface area contributed by atoms with Gasteiger partial charge >= 0.3 is 0 Å². The number of amides is 1. The van der Waals surface area contributed by atoms with Crippen LogP contribution in [0, 0.1) is 0 Å². The van der Waals surface area contributed by atoms with Gasteiger partial charge in [0.25, 0.3) is 0 Å². The summed E-state index contributed by atoms with van der Waals surface area (Å²) in [5.41, 5.74) is 6.84. The third kappa shape index (κ3) is 2.85. The van der Waals surface area contributed by atoms with Crippen LogP contribution in [0.15, 0.2) is 36.9 Å². The first-order chi connectivity index (χ1) is 9.11. The highest BCUT2D eigenvalue weighted by Crippen LogP contribution is 2.27. The van der Waals surface area contributed by atoms with Gasteiger partial charge in [-0.1, -0.05) is 0 Å². The number of methoxy groups -OCH3 is 1. The van der Waals surface area contributed by atoms with E-state index in [-0.39, 0.29) is 11.9 Å². The molecule has 1 aromatic carbocycles. The van der Waals surface area contributed by atoms with E-state index in [1.807, 2.05) is 0 Å². The van der Waals surface area contributed by atoms with Crippen molar-refractivity contribution < 1.29 is 9.53 Å². The monoisotopic (exact) mass is 260 g/mol. The van der Waals surface area contributed by atoms with Crippen molar-refractivity contribution in [2.24, 2.45) is 0 Å². The van der Waals surface area contributed by atoms with Gasteiger partial charge in [0.15, 0.2) is 0 Å². The summed E-state index contributed by atoms with van der Waals surface area (Å²) in [7, 11) is 1.53. The minimum absolute atomic E-state index is 0.152. The first-order valence-corrected chi connectivity index (χ1v) is 5.83. The Balaban J connectivity index is 2.15. The minimum Gasteiger partial charge on any atom is -0.494 e. The summed E-state index contributed by atoms with van der Waals surface area (Å²) in [6, 6.07) is 4.73. The van der Waals surface area contributed by atoms with Crippen molar-refractivity contribution in [3.05, 3.63) is 36.9 Å². The van der Waals surface area contributed by atoms with Crippen LogP contribution in [-0.2, 0) is 4.79 Å². The molecule has 1 unspecified atom stereocenters. The summed E-state index contributed by atoms with van der Waals surface area (Å²) >= 11 is 0. The van der Waals surface area contributed by atoms with E-state index in [0.29, 0.717) is 17.1 Å². The molecule has 3 N–H and O–H groups in total. The molecule has 0 saturated heterocycles. The number of imidazole rings is 1. The summed E-state index contributed by atoms with van der Waals surface area (Å²) in [5.74, 6) is 0.382. The number of nitrogen functional groups attached to an aromatic ring is 1. The quantitative estimate of drug-likeness (QED) is 0.819. The Bertz CT molecular complexity index is 566. The van der Waals surface area contributed by atoms with Gasteiger partial charge in [-0.25, -0.2) is 4.98 Å². The van der Waals surface area contributed by atoms with Crippen LogP contribution in [0.5, 0.6) is 5.75 Å². The molecular formula is C13H16N4O2. The van der Waals surface area contributed by atoms with Crippen LogP contribution >= 0.6 is 0 Å². The molecule has 100 valence electrons. The Kier molecular flexibility index (Phi) is 3.70. The highest BCUT2D eigenvalue weighted by atomic mass is 16.5. The Morgan fingerprint density at radius 2 is 2.32 bits per heavy atom. The summed E-state index contributed by atoms with van der Waals surface area (Å²) in [6.07, 6.45) is 4.97. The molecule has 0 aliphatic carbocycles. The second kappa shape index (κ2) is 5.43. The molecule has 1 heterocycles. The van der Waals surface area contributed by atoms with Crippen LogP contribution in [0.4, 0.5) is 11.4 Å². The topological polar surface area (TPSA) is 82.2 Å². The zero-order valence-corrected chi connectivity index (χ0v) is 10.8. The molecule has 19 heavy (non-hydrogen) atoms. The summed E-state index contributed by atoms with van der Waals surface area (Å²) in [4.78, 5) is 16.0. The molecule has 2 rings (SSSR count). The van der Waals surface area contributed by atoms with Gasteiger partial charge < -0.3 is 20.4 Å². The fourth-order valence-electron chi connectivity index (χ4n) is 1.68. The molecule has 6 heteroatoms. The molecule has 2 aromatic rings. The number of carbonyl (C=O) groups excluding carboxylic acids is 1. The van der Waals surface area contributed by atoms with Gasteiger partial charge in [0.05, 0.1) is 19.1 Å². The van der Waals surface area contributed by atoms with Crippen molar-refractivity contribution in [3.8, 4) is 5.75 Å². The van der Waals surface area contributed by atoms with Gasteiger partial charge in [-0.15, -0.1) is 0 Å². The second-order valence-corrected chi connectivity index (χ2v) is 4.13. The van der Waals surface area contributed by atoms with Crippen molar-refractivity contribution in [2.45, 2.75) is 13.0 Å². The van der Waals surface area contributed by atoms with E-state index in [1.54, 1.807) is 48.4 Å². The highest BCUT2D eigenvalue weighted by molar-refractivity contribution is 5.95. The smallest absolute Gasteiger partial charge is 0.247 e. The number of nitrogens with one attached hydrogen (secondary N) is 1. The summed E-state index contributed by atoms with van der Waals surface area (Å²) < 4.78 is 6.90. The number of nitrogens with zero attached hydrogens (tertiary/aromatic N) is 2. The van der Waals surface area contributed by atoms with Crippen LogP contribution < -0.4 is 15.8 Å². The number of ether oxygens (including phenoxy) is 1. The molecule has 0 fully saturated rings. The number of carbonyl (C=O) groups is 1. The van der Waals surface area contributed by atoms with E-state index in [9.17, 15) is 4.79 Å². The normalized spacial score (nSPS) is 11.9. The SMILES string of the molecule is COc1cc(N)ccc1NC(=O)C(C)n1ccnc1. The zero-order chi connectivity index (χ0) is 13.8. The third-order valence-electron chi connectivity index (χ3n) is 2.83. The van der Waals surface area contributed by atoms with Gasteiger partial charge in [-0.05, 0) is 19.1 Å². The average molecular weight is 260 g/mol. The highest BCUT2D eigenvalue weighted by Gasteiger charge is 2.16. The van der Waals surface area contributed by atoms with Crippen molar-refractivity contribution >= 4 is 17.3 Å². The average Bonchev–Trinajstić information content (AvgIpc) is 2.93. The van der Waals surface area contributed by atoms with Crippen LogP contribution in [0.2, 0.25) is 0 Å². The Morgan fingerprint density at radius 3 is 2.95 bits per heavy atom. The van der Waals surface area contributed by atoms with Crippen LogP contribution in [0.25, 0.3) is 0 Å². The molecule has 0 aliphatic rings. The number of aromatic nitrogens is 2. The first kappa shape index (κ1) is 12.9. The fourth-order valence-corrected chi connectivity index (χ4v) is 1.68. The van der Waals surface area contributed by atoms with Crippen molar-refractivity contribution in [3.63, 3.8) is 0 Å². The molecule has 0 aliphatic heterocycles. The number of hydrogen-bond donors (Lipinski definition) is 2. The Hall–Kier alpha value is -2.50. The standard InChI is InChI=1S/C13H16N4O2/c1-9(17-6-5-15-8-17)13(18)16-11-4-3-10(14)7-12(11)19-2/h3-9H,14H2,1-2H3,(H,16,18). The van der Waals surface area contributed by atoms with Gasteiger partial charge in [0.2, 0.25) is 5.91 Å². The molecule has 0 spiro atoms. The largest absolute Gasteiger partial charge is 0.494 e. The van der Waals surface area contributed by atoms with Gasteiger partial charge in [0.1, 0.15) is 11.8 Å². The van der Waals surface area contributed by atoms with E-state index in [0.717, 1.165) is 0 Å². The predicted octanol–water partition coefficient (Wildman–Crippen LogP) is 1.67. The molecular weight excluding hydrogens is 244 g/mol. The lowest BCUT2D eigenvalue weighted by Crippen LogP contribution is -2.23. The lowest BCUT2D eigenvalue weighted by molar-refractivity contribution is -0.118. The first-order valence-electron chi connectivity index (χ1n) is 5.83. The molecule has 1 atom stereocenters. The number of benzene rings is 1. The number of nitrogens with two attached hydrogens (primary N) is 1. The Labute approximate surface area is 111 Å². The molecule has 1 amide bonds. The van der Waals surface area contributed by atoms with Crippen LogP contribution in [0.1, 0.15) is 13.0 Å². The maximum atomic E-state index is 12.1. The van der Waals surface area contributed by atoms with Crippen LogP contribution in [0.3, 0.4) is 0 Å². The van der Waals surface area contributed by atoms with Gasteiger partial charge in [-0.2, -0.15) is 0 Å². The maximum Gasteiger partial charge on any atom is 0.247 e. The lowest BCUT2D eigenvalue weighted by Gasteiger charge is -2.15. The lowest BCUT2D eigenvalue weighted by atomic mass is 10.2. The maximum absolute atomic E-state index is 12.1. The van der Waals surface area contributed by atoms with E-state index in [4.69, 9.17) is 10.5 Å². The van der Waals surface area contributed by atoms with Gasteiger partial charge in [0, 0.05) is 24.1 Å². The minimum atomic E-state index is -0.357. The Morgan fingerprint density at radius 1 is 1.53 bits per heavy atom. The molecule has 0 bridgehead atoms. The predicted molar refractivity (Wildman–Crippen MR) is 73.0 cm³/mol. The number of anilines is 2. The summed E-state index contributed by atoms with van der Waals surface area (Å²) in [6.45, 7) is 1.79. The fraction of sp³-hybridized carbons (Fsp3) is 0.231. The van der Waals surface area contributed by atoms with Gasteiger partial charge in [-0.3, -0.25) is 4.79 Å². The van der Waals surface area contributed by atoms with Crippen molar-refractivity contribution in [2.75, 3.05) is 18.2 Å². The van der Waals surface area contributed by atoms with Crippen molar-refractivity contribution in [1.29, 1.82) is 0 Å². The van der Waals surface area contributed by atoms with E-state index in [2.05, 4.69) is 10.3 Å².